The summed E-state index contributed by atoms with van der Waals surface area (Å²) < 4.78 is 29.6. The van der Waals surface area contributed by atoms with E-state index in [0.717, 1.165) is 6.42 Å². The average molecular weight is 284 g/mol. The van der Waals surface area contributed by atoms with E-state index in [1.165, 1.54) is 0 Å². The maximum atomic E-state index is 12.1. The number of hydrogen-bond donors (Lipinski definition) is 1. The minimum absolute atomic E-state index is 0.172. The van der Waals surface area contributed by atoms with Crippen molar-refractivity contribution < 1.29 is 18.3 Å². The molecule has 1 heterocycles. The third-order valence-electron chi connectivity index (χ3n) is 3.52. The van der Waals surface area contributed by atoms with Crippen LogP contribution >= 0.6 is 0 Å². The van der Waals surface area contributed by atoms with Crippen LogP contribution in [0.4, 0.5) is 0 Å². The molecule has 2 unspecified atom stereocenters. The van der Waals surface area contributed by atoms with Crippen molar-refractivity contribution in [1.29, 1.82) is 0 Å². The molecule has 0 saturated carbocycles. The van der Waals surface area contributed by atoms with Crippen molar-refractivity contribution in [3.63, 3.8) is 0 Å². The normalized spacial score (nSPS) is 23.8. The molecule has 0 bridgehead atoms. The van der Waals surface area contributed by atoms with Crippen LogP contribution in [0.2, 0.25) is 0 Å². The Balaban J connectivity index is 2.30. The minimum Gasteiger partial charge on any atom is -0.493 e. The second-order valence-corrected chi connectivity index (χ2v) is 7.16. The van der Waals surface area contributed by atoms with Crippen LogP contribution < -0.4 is 4.74 Å². The zero-order chi connectivity index (χ0) is 13.9. The van der Waals surface area contributed by atoms with E-state index in [1.54, 1.807) is 18.2 Å². The molecule has 5 heteroatoms. The van der Waals surface area contributed by atoms with Crippen molar-refractivity contribution in [1.82, 2.24) is 0 Å². The molecular weight excluding hydrogens is 264 g/mol. The van der Waals surface area contributed by atoms with E-state index in [4.69, 9.17) is 4.74 Å². The number of aliphatic hydroxyl groups excluding tert-OH is 1. The molecule has 0 aromatic heterocycles. The Labute approximate surface area is 114 Å². The first kappa shape index (κ1) is 14.3. The molecule has 2 rings (SSSR count). The zero-order valence-corrected chi connectivity index (χ0v) is 11.9. The highest BCUT2D eigenvalue weighted by atomic mass is 32.2. The summed E-state index contributed by atoms with van der Waals surface area (Å²) in [4.78, 5) is 0. The first-order valence-corrected chi connectivity index (χ1v) is 8.39. The molecule has 19 heavy (non-hydrogen) atoms. The Kier molecular flexibility index (Phi) is 4.47. The summed E-state index contributed by atoms with van der Waals surface area (Å²) in [5.41, 5.74) is 0.569. The van der Waals surface area contributed by atoms with Gasteiger partial charge in [-0.2, -0.15) is 0 Å². The minimum atomic E-state index is -3.21. The van der Waals surface area contributed by atoms with E-state index in [2.05, 4.69) is 0 Å². The average Bonchev–Trinajstić information content (AvgIpc) is 2.38. The molecule has 2 atom stereocenters. The lowest BCUT2D eigenvalue weighted by Gasteiger charge is -2.27. The van der Waals surface area contributed by atoms with Crippen LogP contribution in [-0.4, -0.2) is 31.1 Å². The zero-order valence-electron chi connectivity index (χ0n) is 11.1. The van der Waals surface area contributed by atoms with Gasteiger partial charge in [0.25, 0.3) is 0 Å². The number of para-hydroxylation sites is 1. The smallest absolute Gasteiger partial charge is 0.156 e. The lowest BCUT2D eigenvalue weighted by atomic mass is 10.0. The summed E-state index contributed by atoms with van der Waals surface area (Å²) >= 11 is 0. The first-order valence-electron chi connectivity index (χ1n) is 6.67. The molecule has 106 valence electrons. The lowest BCUT2D eigenvalue weighted by Crippen LogP contribution is -2.34. The van der Waals surface area contributed by atoms with Crippen molar-refractivity contribution in [2.45, 2.75) is 37.5 Å². The standard InChI is InChI=1S/C14H20O4S/c1-2-18-12-8-4-3-7-11(12)14(15)13-9-5-6-10-19(13,16)17/h3-4,7-8,13-15H,2,5-6,9-10H2,1H3. The highest BCUT2D eigenvalue weighted by Crippen LogP contribution is 2.34. The fourth-order valence-electron chi connectivity index (χ4n) is 2.55. The lowest BCUT2D eigenvalue weighted by molar-refractivity contribution is 0.159. The summed E-state index contributed by atoms with van der Waals surface area (Å²) in [5, 5.41) is 9.72. The fraction of sp³-hybridized carbons (Fsp3) is 0.571. The van der Waals surface area contributed by atoms with E-state index in [0.29, 0.717) is 30.8 Å². The predicted molar refractivity (Wildman–Crippen MR) is 74.0 cm³/mol. The van der Waals surface area contributed by atoms with Crippen LogP contribution in [0.3, 0.4) is 0 Å². The molecular formula is C14H20O4S. The largest absolute Gasteiger partial charge is 0.493 e. The van der Waals surface area contributed by atoms with Crippen molar-refractivity contribution in [2.24, 2.45) is 0 Å². The molecule has 0 spiro atoms. The Hall–Kier alpha value is -1.07. The van der Waals surface area contributed by atoms with Crippen LogP contribution in [0.25, 0.3) is 0 Å². The van der Waals surface area contributed by atoms with Gasteiger partial charge in [0.05, 0.1) is 23.7 Å². The van der Waals surface area contributed by atoms with Gasteiger partial charge in [-0.25, -0.2) is 8.42 Å². The highest BCUT2D eigenvalue weighted by Gasteiger charge is 2.36. The van der Waals surface area contributed by atoms with E-state index in [-0.39, 0.29) is 5.75 Å². The summed E-state index contributed by atoms with van der Waals surface area (Å²) in [7, 11) is -3.21. The van der Waals surface area contributed by atoms with Gasteiger partial charge >= 0.3 is 0 Å². The van der Waals surface area contributed by atoms with Gasteiger partial charge in [-0.05, 0) is 25.8 Å². The van der Waals surface area contributed by atoms with E-state index < -0.39 is 21.2 Å². The monoisotopic (exact) mass is 284 g/mol. The van der Waals surface area contributed by atoms with Crippen molar-refractivity contribution in [3.05, 3.63) is 29.8 Å². The maximum absolute atomic E-state index is 12.1. The third-order valence-corrected chi connectivity index (χ3v) is 5.79. The van der Waals surface area contributed by atoms with Crippen LogP contribution in [0.15, 0.2) is 24.3 Å². The van der Waals surface area contributed by atoms with Gasteiger partial charge in [0.1, 0.15) is 5.75 Å². The van der Waals surface area contributed by atoms with E-state index >= 15 is 0 Å². The first-order chi connectivity index (χ1) is 9.06. The Morgan fingerprint density at radius 3 is 2.79 bits per heavy atom. The molecule has 1 aliphatic heterocycles. The molecule has 0 radical (unpaired) electrons. The topological polar surface area (TPSA) is 63.6 Å². The van der Waals surface area contributed by atoms with E-state index in [1.807, 2.05) is 13.0 Å². The van der Waals surface area contributed by atoms with E-state index in [9.17, 15) is 13.5 Å². The molecule has 4 nitrogen and oxygen atoms in total. The molecule has 1 aromatic rings. The van der Waals surface area contributed by atoms with Crippen molar-refractivity contribution in [3.8, 4) is 5.75 Å². The molecule has 1 aliphatic rings. The molecule has 1 N–H and O–H groups in total. The summed E-state index contributed by atoms with van der Waals surface area (Å²) in [6.07, 6.45) is 1.05. The fourth-order valence-corrected chi connectivity index (χ4v) is 4.52. The molecule has 0 amide bonds. The van der Waals surface area contributed by atoms with Crippen LogP contribution in [0, 0.1) is 0 Å². The molecule has 1 fully saturated rings. The quantitative estimate of drug-likeness (QED) is 0.919. The number of benzene rings is 1. The van der Waals surface area contributed by atoms with Crippen LogP contribution in [0.5, 0.6) is 5.75 Å². The molecule has 1 aromatic carbocycles. The number of hydrogen-bond acceptors (Lipinski definition) is 4. The highest BCUT2D eigenvalue weighted by molar-refractivity contribution is 7.92. The second kappa shape index (κ2) is 5.92. The number of ether oxygens (including phenoxy) is 1. The van der Waals surface area contributed by atoms with Gasteiger partial charge in [-0.3, -0.25) is 0 Å². The van der Waals surface area contributed by atoms with Gasteiger partial charge in [-0.1, -0.05) is 24.6 Å². The van der Waals surface area contributed by atoms with Crippen molar-refractivity contribution in [2.75, 3.05) is 12.4 Å². The van der Waals surface area contributed by atoms with Crippen LogP contribution in [-0.2, 0) is 9.84 Å². The van der Waals surface area contributed by atoms with Gasteiger partial charge in [0.15, 0.2) is 9.84 Å². The van der Waals surface area contributed by atoms with Gasteiger partial charge < -0.3 is 9.84 Å². The van der Waals surface area contributed by atoms with Gasteiger partial charge in [0, 0.05) is 5.56 Å². The Morgan fingerprint density at radius 2 is 2.11 bits per heavy atom. The maximum Gasteiger partial charge on any atom is 0.156 e. The number of rotatable bonds is 4. The number of sulfone groups is 1. The molecule has 1 saturated heterocycles. The summed E-state index contributed by atoms with van der Waals surface area (Å²) in [6.45, 7) is 2.35. The Bertz CT molecular complexity index is 524. The van der Waals surface area contributed by atoms with Gasteiger partial charge in [0.2, 0.25) is 0 Å². The summed E-state index contributed by atoms with van der Waals surface area (Å²) in [5.74, 6) is 0.740. The molecule has 0 aliphatic carbocycles. The van der Waals surface area contributed by atoms with Crippen molar-refractivity contribution >= 4 is 9.84 Å². The van der Waals surface area contributed by atoms with Crippen LogP contribution in [0.1, 0.15) is 37.9 Å². The second-order valence-electron chi connectivity index (χ2n) is 4.82. The predicted octanol–water partition coefficient (Wildman–Crippen LogP) is 2.09. The SMILES string of the molecule is CCOc1ccccc1C(O)C1CCCCS1(=O)=O. The Morgan fingerprint density at radius 1 is 1.37 bits per heavy atom. The number of aliphatic hydroxyl groups is 1. The third kappa shape index (κ3) is 3.09. The van der Waals surface area contributed by atoms with Gasteiger partial charge in [-0.15, -0.1) is 0 Å². The summed E-state index contributed by atoms with van der Waals surface area (Å²) in [6, 6.07) is 7.10.